The van der Waals surface area contributed by atoms with Gasteiger partial charge in [0, 0.05) is 19.3 Å². The lowest BCUT2D eigenvalue weighted by Crippen LogP contribution is -2.34. The van der Waals surface area contributed by atoms with Crippen molar-refractivity contribution in [2.24, 2.45) is 5.92 Å². The van der Waals surface area contributed by atoms with E-state index in [0.717, 1.165) is 35.8 Å². The molecular formula is C14H21BrN2O. The van der Waals surface area contributed by atoms with Crippen LogP contribution in [0.25, 0.3) is 0 Å². The van der Waals surface area contributed by atoms with Gasteiger partial charge in [0.2, 0.25) is 0 Å². The highest BCUT2D eigenvalue weighted by Gasteiger charge is 2.15. The first-order valence-electron chi connectivity index (χ1n) is 6.46. The molecule has 0 spiro atoms. The summed E-state index contributed by atoms with van der Waals surface area (Å²) in [5.41, 5.74) is 1.24. The van der Waals surface area contributed by atoms with Crippen LogP contribution < -0.4 is 15.0 Å². The number of hydrogen-bond donors (Lipinski definition) is 1. The van der Waals surface area contributed by atoms with Crippen LogP contribution in [-0.2, 0) is 0 Å². The van der Waals surface area contributed by atoms with Gasteiger partial charge >= 0.3 is 0 Å². The Labute approximate surface area is 118 Å². The third-order valence-corrected chi connectivity index (χ3v) is 4.19. The van der Waals surface area contributed by atoms with E-state index < -0.39 is 0 Å². The summed E-state index contributed by atoms with van der Waals surface area (Å²) in [6.45, 7) is 3.44. The highest BCUT2D eigenvalue weighted by Crippen LogP contribution is 2.29. The van der Waals surface area contributed by atoms with Crippen molar-refractivity contribution in [3.63, 3.8) is 0 Å². The van der Waals surface area contributed by atoms with E-state index in [4.69, 9.17) is 4.74 Å². The lowest BCUT2D eigenvalue weighted by molar-refractivity contribution is 0.378. The molecule has 1 saturated heterocycles. The van der Waals surface area contributed by atoms with Crippen molar-refractivity contribution in [3.05, 3.63) is 22.7 Å². The molecule has 0 amide bonds. The van der Waals surface area contributed by atoms with Gasteiger partial charge < -0.3 is 15.0 Å². The van der Waals surface area contributed by atoms with Crippen LogP contribution in [0.5, 0.6) is 5.75 Å². The minimum atomic E-state index is 0.803. The average molecular weight is 313 g/mol. The van der Waals surface area contributed by atoms with Crippen LogP contribution >= 0.6 is 15.9 Å². The van der Waals surface area contributed by atoms with Gasteiger partial charge in [-0.05, 0) is 66.0 Å². The van der Waals surface area contributed by atoms with Crippen LogP contribution in [0.1, 0.15) is 12.8 Å². The first-order chi connectivity index (χ1) is 8.70. The Kier molecular flexibility index (Phi) is 4.89. The van der Waals surface area contributed by atoms with Gasteiger partial charge in [-0.1, -0.05) is 0 Å². The normalized spacial score (nSPS) is 16.6. The number of hydrogen-bond acceptors (Lipinski definition) is 3. The van der Waals surface area contributed by atoms with Gasteiger partial charge in [-0.15, -0.1) is 0 Å². The van der Waals surface area contributed by atoms with Gasteiger partial charge in [0.15, 0.2) is 0 Å². The van der Waals surface area contributed by atoms with E-state index in [2.05, 4.69) is 45.3 Å². The molecule has 0 unspecified atom stereocenters. The molecular weight excluding hydrogens is 292 g/mol. The maximum atomic E-state index is 5.26. The molecule has 1 aromatic rings. The molecule has 0 radical (unpaired) electrons. The molecule has 1 aliphatic heterocycles. The highest BCUT2D eigenvalue weighted by atomic mass is 79.9. The summed E-state index contributed by atoms with van der Waals surface area (Å²) in [7, 11) is 3.86. The lowest BCUT2D eigenvalue weighted by Gasteiger charge is -2.29. The van der Waals surface area contributed by atoms with Crippen molar-refractivity contribution in [2.75, 3.05) is 38.7 Å². The van der Waals surface area contributed by atoms with Crippen LogP contribution in [0.15, 0.2) is 22.7 Å². The number of halogens is 1. The number of anilines is 1. The molecule has 100 valence electrons. The van der Waals surface area contributed by atoms with Crippen LogP contribution in [0.3, 0.4) is 0 Å². The van der Waals surface area contributed by atoms with Gasteiger partial charge in [-0.2, -0.15) is 0 Å². The van der Waals surface area contributed by atoms with E-state index in [0.29, 0.717) is 0 Å². The van der Waals surface area contributed by atoms with Crippen LogP contribution in [0, 0.1) is 5.92 Å². The number of benzene rings is 1. The summed E-state index contributed by atoms with van der Waals surface area (Å²) in [6.07, 6.45) is 2.56. The maximum absolute atomic E-state index is 5.26. The Balaban J connectivity index is 1.99. The standard InChI is InChI=1S/C14H21BrN2O/c1-17(10-11-5-7-16-8-6-11)12-3-4-14(18-2)13(15)9-12/h3-4,9,11,16H,5-8,10H2,1-2H3. The highest BCUT2D eigenvalue weighted by molar-refractivity contribution is 9.10. The topological polar surface area (TPSA) is 24.5 Å². The van der Waals surface area contributed by atoms with Gasteiger partial charge in [0.25, 0.3) is 0 Å². The quantitative estimate of drug-likeness (QED) is 0.925. The SMILES string of the molecule is COc1ccc(N(C)CC2CCNCC2)cc1Br. The number of piperidine rings is 1. The fraction of sp³-hybridized carbons (Fsp3) is 0.571. The molecule has 0 aromatic heterocycles. The van der Waals surface area contributed by atoms with Crippen LogP contribution in [0.2, 0.25) is 0 Å². The van der Waals surface area contributed by atoms with Crippen molar-refractivity contribution >= 4 is 21.6 Å². The molecule has 1 aromatic carbocycles. The van der Waals surface area contributed by atoms with Crippen LogP contribution in [-0.4, -0.2) is 33.8 Å². The predicted molar refractivity (Wildman–Crippen MR) is 79.6 cm³/mol. The van der Waals surface area contributed by atoms with Gasteiger partial charge in [0.05, 0.1) is 11.6 Å². The zero-order valence-corrected chi connectivity index (χ0v) is 12.7. The molecule has 2 rings (SSSR count). The zero-order chi connectivity index (χ0) is 13.0. The van der Waals surface area contributed by atoms with E-state index in [1.807, 2.05) is 6.07 Å². The molecule has 0 saturated carbocycles. The first kappa shape index (κ1) is 13.7. The summed E-state index contributed by atoms with van der Waals surface area (Å²) >= 11 is 3.54. The summed E-state index contributed by atoms with van der Waals surface area (Å²) < 4.78 is 6.27. The van der Waals surface area contributed by atoms with Crippen molar-refractivity contribution in [3.8, 4) is 5.75 Å². The average Bonchev–Trinajstić information content (AvgIpc) is 2.39. The van der Waals surface area contributed by atoms with Gasteiger partial charge in [0.1, 0.15) is 5.75 Å². The first-order valence-corrected chi connectivity index (χ1v) is 7.25. The minimum absolute atomic E-state index is 0.803. The number of rotatable bonds is 4. The number of methoxy groups -OCH3 is 1. The fourth-order valence-corrected chi connectivity index (χ4v) is 2.98. The second-order valence-electron chi connectivity index (χ2n) is 4.89. The summed E-state index contributed by atoms with van der Waals surface area (Å²) in [5.74, 6) is 1.69. The van der Waals surface area contributed by atoms with E-state index in [1.54, 1.807) is 7.11 Å². The Morgan fingerprint density at radius 3 is 2.72 bits per heavy atom. The predicted octanol–water partition coefficient (Wildman–Crippen LogP) is 2.89. The molecule has 0 bridgehead atoms. The summed E-state index contributed by atoms with van der Waals surface area (Å²) in [6, 6.07) is 6.25. The van der Waals surface area contributed by atoms with Crippen molar-refractivity contribution < 1.29 is 4.74 Å². The largest absolute Gasteiger partial charge is 0.496 e. The van der Waals surface area contributed by atoms with Crippen molar-refractivity contribution in [1.82, 2.24) is 5.32 Å². The molecule has 4 heteroatoms. The number of ether oxygens (including phenoxy) is 1. The molecule has 18 heavy (non-hydrogen) atoms. The summed E-state index contributed by atoms with van der Waals surface area (Å²) in [5, 5.41) is 3.41. The monoisotopic (exact) mass is 312 g/mol. The third kappa shape index (κ3) is 3.39. The Morgan fingerprint density at radius 1 is 1.39 bits per heavy atom. The Bertz CT molecular complexity index is 391. The van der Waals surface area contributed by atoms with Crippen LogP contribution in [0.4, 0.5) is 5.69 Å². The third-order valence-electron chi connectivity index (χ3n) is 3.57. The second kappa shape index (κ2) is 6.43. The molecule has 1 heterocycles. The summed E-state index contributed by atoms with van der Waals surface area (Å²) in [4.78, 5) is 2.33. The number of nitrogens with zero attached hydrogens (tertiary/aromatic N) is 1. The smallest absolute Gasteiger partial charge is 0.133 e. The van der Waals surface area contributed by atoms with E-state index >= 15 is 0 Å². The minimum Gasteiger partial charge on any atom is -0.496 e. The van der Waals surface area contributed by atoms with Gasteiger partial charge in [-0.3, -0.25) is 0 Å². The fourth-order valence-electron chi connectivity index (χ4n) is 2.45. The van der Waals surface area contributed by atoms with E-state index in [1.165, 1.54) is 18.5 Å². The van der Waals surface area contributed by atoms with Crippen molar-refractivity contribution in [1.29, 1.82) is 0 Å². The molecule has 0 atom stereocenters. The van der Waals surface area contributed by atoms with E-state index in [-0.39, 0.29) is 0 Å². The van der Waals surface area contributed by atoms with E-state index in [9.17, 15) is 0 Å². The molecule has 3 nitrogen and oxygen atoms in total. The molecule has 1 fully saturated rings. The maximum Gasteiger partial charge on any atom is 0.133 e. The molecule has 0 aliphatic carbocycles. The Morgan fingerprint density at radius 2 is 2.11 bits per heavy atom. The second-order valence-corrected chi connectivity index (χ2v) is 5.75. The Hall–Kier alpha value is -0.740. The molecule has 1 aliphatic rings. The van der Waals surface area contributed by atoms with Crippen molar-refractivity contribution in [2.45, 2.75) is 12.8 Å². The van der Waals surface area contributed by atoms with Gasteiger partial charge in [-0.25, -0.2) is 0 Å². The number of nitrogens with one attached hydrogen (secondary N) is 1. The lowest BCUT2D eigenvalue weighted by atomic mass is 9.97. The zero-order valence-electron chi connectivity index (χ0n) is 11.1. The molecule has 1 N–H and O–H groups in total.